The van der Waals surface area contributed by atoms with Crippen LogP contribution < -0.4 is 4.74 Å². The molecule has 25 heavy (non-hydrogen) atoms. The van der Waals surface area contributed by atoms with Crippen LogP contribution in [0.3, 0.4) is 0 Å². The lowest BCUT2D eigenvalue weighted by Gasteiger charge is -2.05. The summed E-state index contributed by atoms with van der Waals surface area (Å²) in [7, 11) is 0. The van der Waals surface area contributed by atoms with Gasteiger partial charge in [0.1, 0.15) is 11.9 Å². The van der Waals surface area contributed by atoms with Crippen LogP contribution in [0.25, 0.3) is 11.5 Å². The van der Waals surface area contributed by atoms with Crippen LogP contribution in [0.2, 0.25) is 0 Å². The fourth-order valence-corrected chi connectivity index (χ4v) is 2.35. The van der Waals surface area contributed by atoms with E-state index in [2.05, 4.69) is 14.9 Å². The summed E-state index contributed by atoms with van der Waals surface area (Å²) in [5.74, 6) is 0.214. The molecule has 2 aromatic rings. The fourth-order valence-electron chi connectivity index (χ4n) is 1.68. The number of thioether (sulfide) groups is 1. The van der Waals surface area contributed by atoms with Gasteiger partial charge in [0.2, 0.25) is 5.89 Å². The number of carbonyl (C=O) groups excluding carboxylic acids is 1. The molecule has 136 valence electrons. The van der Waals surface area contributed by atoms with Crippen molar-refractivity contribution in [1.82, 2.24) is 10.2 Å². The first kappa shape index (κ1) is 19.1. The van der Waals surface area contributed by atoms with Gasteiger partial charge in [-0.1, -0.05) is 11.8 Å². The minimum Gasteiger partial charge on any atom is -0.464 e. The van der Waals surface area contributed by atoms with E-state index in [1.54, 1.807) is 0 Å². The monoisotopic (exact) mass is 374 g/mol. The Morgan fingerprint density at radius 3 is 2.68 bits per heavy atom. The maximum absolute atomic E-state index is 12.1. The van der Waals surface area contributed by atoms with Gasteiger partial charge in [-0.3, -0.25) is 0 Å². The van der Waals surface area contributed by atoms with Crippen molar-refractivity contribution in [2.24, 2.45) is 0 Å². The number of aromatic nitrogens is 2. The maximum Gasteiger partial charge on any atom is 0.387 e. The number of carbonyl (C=O) groups is 1. The Kier molecular flexibility index (Phi) is 7.14. The topological polar surface area (TPSA) is 94.7 Å². The number of hydrogen-bond acceptors (Lipinski definition) is 8. The summed E-state index contributed by atoms with van der Waals surface area (Å²) in [5.41, 5.74) is 0.576. The molecule has 0 radical (unpaired) electrons. The molecular formula is C15H16F2N2O5S. The van der Waals surface area contributed by atoms with Crippen molar-refractivity contribution in [3.05, 3.63) is 24.3 Å². The van der Waals surface area contributed by atoms with Crippen molar-refractivity contribution < 1.29 is 32.6 Å². The van der Waals surface area contributed by atoms with Crippen LogP contribution >= 0.6 is 11.8 Å². The van der Waals surface area contributed by atoms with Gasteiger partial charge in [0.25, 0.3) is 5.22 Å². The fraction of sp³-hybridized carbons (Fsp3) is 0.400. The number of ether oxygens (including phenoxy) is 2. The van der Waals surface area contributed by atoms with Crippen molar-refractivity contribution in [3.8, 4) is 17.2 Å². The van der Waals surface area contributed by atoms with Gasteiger partial charge in [-0.25, -0.2) is 4.79 Å². The number of alkyl halides is 2. The van der Waals surface area contributed by atoms with E-state index in [1.165, 1.54) is 43.0 Å². The first-order valence-electron chi connectivity index (χ1n) is 7.32. The summed E-state index contributed by atoms with van der Waals surface area (Å²) in [6.07, 6.45) is -0.579. The van der Waals surface area contributed by atoms with Gasteiger partial charge in [-0.05, 0) is 37.6 Å². The lowest BCUT2D eigenvalue weighted by Crippen LogP contribution is -2.19. The van der Waals surface area contributed by atoms with Gasteiger partial charge in [-0.15, -0.1) is 10.2 Å². The smallest absolute Gasteiger partial charge is 0.387 e. The molecular weight excluding hydrogens is 358 g/mol. The minimum atomic E-state index is -2.88. The van der Waals surface area contributed by atoms with Crippen LogP contribution in [-0.2, 0) is 9.53 Å². The average Bonchev–Trinajstić information content (AvgIpc) is 3.03. The average molecular weight is 374 g/mol. The quantitative estimate of drug-likeness (QED) is 0.407. The molecule has 0 amide bonds. The summed E-state index contributed by atoms with van der Waals surface area (Å²) in [6, 6.07) is 5.84. The predicted molar refractivity (Wildman–Crippen MR) is 84.3 cm³/mol. The summed E-state index contributed by atoms with van der Waals surface area (Å²) in [4.78, 5) is 11.0. The number of nitrogens with zero attached hydrogens (tertiary/aromatic N) is 2. The van der Waals surface area contributed by atoms with Gasteiger partial charge >= 0.3 is 12.6 Å². The molecule has 0 fully saturated rings. The lowest BCUT2D eigenvalue weighted by molar-refractivity contribution is -0.152. The largest absolute Gasteiger partial charge is 0.464 e. The van der Waals surface area contributed by atoms with Crippen LogP contribution in [0.5, 0.6) is 5.75 Å². The number of esters is 1. The van der Waals surface area contributed by atoms with Gasteiger partial charge in [0.15, 0.2) is 0 Å². The summed E-state index contributed by atoms with van der Waals surface area (Å²) >= 11 is 1.29. The molecule has 2 rings (SSSR count). The standard InChI is InChI=1S/C15H16F2N2O5S/c1-9(20)13(21)22-7-2-8-25-15-19-18-12(24-15)10-3-5-11(6-4-10)23-14(16)17/h3-6,9,14,20H,2,7-8H2,1H3. The Morgan fingerprint density at radius 2 is 2.04 bits per heavy atom. The zero-order chi connectivity index (χ0) is 18.2. The highest BCUT2D eigenvalue weighted by Crippen LogP contribution is 2.25. The molecule has 1 heterocycles. The zero-order valence-electron chi connectivity index (χ0n) is 13.2. The number of rotatable bonds is 9. The number of aliphatic hydroxyl groups excluding tert-OH is 1. The van der Waals surface area contributed by atoms with Crippen LogP contribution in [0.1, 0.15) is 13.3 Å². The van der Waals surface area contributed by atoms with Gasteiger partial charge < -0.3 is 19.0 Å². The molecule has 0 aliphatic carbocycles. The van der Waals surface area contributed by atoms with Crippen LogP contribution in [0.4, 0.5) is 8.78 Å². The van der Waals surface area contributed by atoms with E-state index in [9.17, 15) is 13.6 Å². The van der Waals surface area contributed by atoms with E-state index in [1.807, 2.05) is 0 Å². The highest BCUT2D eigenvalue weighted by molar-refractivity contribution is 7.99. The molecule has 7 nitrogen and oxygen atoms in total. The van der Waals surface area contributed by atoms with Gasteiger partial charge in [0.05, 0.1) is 6.61 Å². The van der Waals surface area contributed by atoms with E-state index in [4.69, 9.17) is 14.3 Å². The Balaban J connectivity index is 1.79. The number of halogens is 2. The Hall–Kier alpha value is -2.20. The Morgan fingerprint density at radius 1 is 1.32 bits per heavy atom. The zero-order valence-corrected chi connectivity index (χ0v) is 14.0. The molecule has 0 saturated heterocycles. The van der Waals surface area contributed by atoms with E-state index in [-0.39, 0.29) is 18.2 Å². The molecule has 1 atom stereocenters. The van der Waals surface area contributed by atoms with E-state index in [0.717, 1.165) is 0 Å². The second kappa shape index (κ2) is 9.33. The second-order valence-electron chi connectivity index (χ2n) is 4.82. The molecule has 0 spiro atoms. The van der Waals surface area contributed by atoms with Crippen molar-refractivity contribution in [2.45, 2.75) is 31.3 Å². The van der Waals surface area contributed by atoms with Crippen LogP contribution in [0.15, 0.2) is 33.9 Å². The molecule has 1 unspecified atom stereocenters. The normalized spacial score (nSPS) is 12.2. The SMILES string of the molecule is CC(O)C(=O)OCCCSc1nnc(-c2ccc(OC(F)F)cc2)o1. The highest BCUT2D eigenvalue weighted by atomic mass is 32.2. The number of aliphatic hydroxyl groups is 1. The molecule has 1 aromatic heterocycles. The molecule has 0 saturated carbocycles. The molecule has 1 N–H and O–H groups in total. The summed E-state index contributed by atoms with van der Waals surface area (Å²) in [6.45, 7) is -1.36. The van der Waals surface area contributed by atoms with Crippen molar-refractivity contribution in [3.63, 3.8) is 0 Å². The highest BCUT2D eigenvalue weighted by Gasteiger charge is 2.12. The number of hydrogen-bond donors (Lipinski definition) is 1. The third-order valence-electron chi connectivity index (χ3n) is 2.83. The maximum atomic E-state index is 12.1. The van der Waals surface area contributed by atoms with Crippen LogP contribution in [0, 0.1) is 0 Å². The first-order chi connectivity index (χ1) is 12.0. The van der Waals surface area contributed by atoms with Gasteiger partial charge in [-0.2, -0.15) is 8.78 Å². The second-order valence-corrected chi connectivity index (χ2v) is 5.87. The molecule has 1 aromatic carbocycles. The molecule has 10 heteroatoms. The predicted octanol–water partition coefficient (Wildman–Crippen LogP) is 2.74. The van der Waals surface area contributed by atoms with E-state index in [0.29, 0.717) is 23.0 Å². The Labute approximate surface area is 146 Å². The first-order valence-corrected chi connectivity index (χ1v) is 8.30. The van der Waals surface area contributed by atoms with Gasteiger partial charge in [0, 0.05) is 11.3 Å². The van der Waals surface area contributed by atoms with Crippen molar-refractivity contribution in [1.29, 1.82) is 0 Å². The van der Waals surface area contributed by atoms with Crippen molar-refractivity contribution >= 4 is 17.7 Å². The number of benzene rings is 1. The summed E-state index contributed by atoms with van der Waals surface area (Å²) < 4.78 is 38.7. The van der Waals surface area contributed by atoms with E-state index >= 15 is 0 Å². The van der Waals surface area contributed by atoms with E-state index < -0.39 is 18.7 Å². The molecule has 0 bridgehead atoms. The molecule has 0 aliphatic rings. The van der Waals surface area contributed by atoms with Crippen LogP contribution in [-0.4, -0.2) is 46.3 Å². The van der Waals surface area contributed by atoms with Crippen molar-refractivity contribution in [2.75, 3.05) is 12.4 Å². The Bertz CT molecular complexity index is 679. The summed E-state index contributed by atoms with van der Waals surface area (Å²) in [5, 5.41) is 17.1. The lowest BCUT2D eigenvalue weighted by atomic mass is 10.2. The third-order valence-corrected chi connectivity index (χ3v) is 3.74. The third kappa shape index (κ3) is 6.31. The minimum absolute atomic E-state index is 0.0413. The molecule has 0 aliphatic heterocycles.